The van der Waals surface area contributed by atoms with Gasteiger partial charge >= 0.3 is 0 Å². The number of halogens is 2. The van der Waals surface area contributed by atoms with E-state index in [4.69, 9.17) is 23.2 Å². The molecule has 0 aliphatic carbocycles. The number of carbonyl (C=O) groups excluding carboxylic acids is 1. The molecule has 19 heavy (non-hydrogen) atoms. The van der Waals surface area contributed by atoms with Crippen LogP contribution >= 0.6 is 23.2 Å². The van der Waals surface area contributed by atoms with Crippen LogP contribution in [0.1, 0.15) is 16.8 Å². The van der Waals surface area contributed by atoms with E-state index in [1.807, 2.05) is 0 Å². The molecule has 1 saturated heterocycles. The molecule has 1 aromatic carbocycles. The molecule has 0 spiro atoms. The first kappa shape index (κ1) is 14.6. The first-order chi connectivity index (χ1) is 8.87. The predicted octanol–water partition coefficient (Wildman–Crippen LogP) is 2.16. The fraction of sp³-hybridized carbons (Fsp3) is 0.417. The number of amides is 1. The van der Waals surface area contributed by atoms with E-state index in [0.29, 0.717) is 23.6 Å². The fourth-order valence-electron chi connectivity index (χ4n) is 2.04. The van der Waals surface area contributed by atoms with Gasteiger partial charge in [0.05, 0.1) is 22.1 Å². The molecule has 7 heteroatoms. The SMILES string of the molecule is O=C(NC[C@@H]1CCS(=O)(=O)C1)c1ccc(Cl)cc1Cl. The number of hydrogen-bond donors (Lipinski definition) is 1. The minimum atomic E-state index is -2.92. The second-order valence-electron chi connectivity index (χ2n) is 4.60. The van der Waals surface area contributed by atoms with E-state index in [1.165, 1.54) is 6.07 Å². The Morgan fingerprint density at radius 3 is 2.68 bits per heavy atom. The van der Waals surface area contributed by atoms with E-state index in [2.05, 4.69) is 5.32 Å². The van der Waals surface area contributed by atoms with E-state index in [0.717, 1.165) is 0 Å². The fourth-order valence-corrected chi connectivity index (χ4v) is 4.40. The molecule has 104 valence electrons. The first-order valence-corrected chi connectivity index (χ1v) is 8.39. The second kappa shape index (κ2) is 5.69. The van der Waals surface area contributed by atoms with E-state index >= 15 is 0 Å². The van der Waals surface area contributed by atoms with Crippen LogP contribution in [-0.2, 0) is 9.84 Å². The van der Waals surface area contributed by atoms with E-state index in [1.54, 1.807) is 12.1 Å². The molecule has 1 heterocycles. The summed E-state index contributed by atoms with van der Waals surface area (Å²) in [5, 5.41) is 3.45. The lowest BCUT2D eigenvalue weighted by molar-refractivity contribution is 0.0948. The summed E-state index contributed by atoms with van der Waals surface area (Å²) in [6, 6.07) is 4.63. The maximum Gasteiger partial charge on any atom is 0.252 e. The van der Waals surface area contributed by atoms with Crippen molar-refractivity contribution in [3.8, 4) is 0 Å². The van der Waals surface area contributed by atoms with Gasteiger partial charge in [-0.05, 0) is 30.5 Å². The van der Waals surface area contributed by atoms with Crippen LogP contribution in [0.2, 0.25) is 10.0 Å². The molecule has 1 amide bonds. The molecule has 2 rings (SSSR count). The van der Waals surface area contributed by atoms with Gasteiger partial charge < -0.3 is 5.32 Å². The molecule has 1 aromatic rings. The molecule has 0 unspecified atom stereocenters. The molecule has 1 aliphatic heterocycles. The summed E-state index contributed by atoms with van der Waals surface area (Å²) < 4.78 is 22.6. The van der Waals surface area contributed by atoms with Crippen LogP contribution in [0.15, 0.2) is 18.2 Å². The molecule has 0 radical (unpaired) electrons. The Kier molecular flexibility index (Phi) is 4.38. The topological polar surface area (TPSA) is 63.2 Å². The minimum absolute atomic E-state index is 0.0139. The molecular weight excluding hydrogens is 309 g/mol. The molecule has 1 N–H and O–H groups in total. The summed E-state index contributed by atoms with van der Waals surface area (Å²) in [6.07, 6.45) is 0.594. The molecule has 1 aliphatic rings. The van der Waals surface area contributed by atoms with E-state index in [-0.39, 0.29) is 28.4 Å². The summed E-state index contributed by atoms with van der Waals surface area (Å²) in [5.41, 5.74) is 0.340. The van der Waals surface area contributed by atoms with Crippen LogP contribution < -0.4 is 5.32 Å². The average Bonchev–Trinajstić information content (AvgIpc) is 2.66. The molecule has 0 saturated carbocycles. The van der Waals surface area contributed by atoms with E-state index < -0.39 is 9.84 Å². The molecule has 4 nitrogen and oxygen atoms in total. The Hall–Kier alpha value is -0.780. The van der Waals surface area contributed by atoms with E-state index in [9.17, 15) is 13.2 Å². The largest absolute Gasteiger partial charge is 0.352 e. The normalized spacial score (nSPS) is 21.3. The Bertz CT molecular complexity index is 601. The van der Waals surface area contributed by atoms with Crippen LogP contribution in [-0.4, -0.2) is 32.4 Å². The Morgan fingerprint density at radius 1 is 1.37 bits per heavy atom. The summed E-state index contributed by atoms with van der Waals surface area (Å²) in [5.74, 6) is 0.0163. The van der Waals surface area contributed by atoms with Crippen molar-refractivity contribution in [2.75, 3.05) is 18.1 Å². The van der Waals surface area contributed by atoms with Gasteiger partial charge in [-0.25, -0.2) is 8.42 Å². The minimum Gasteiger partial charge on any atom is -0.352 e. The van der Waals surface area contributed by atoms with Gasteiger partial charge in [0, 0.05) is 11.6 Å². The third kappa shape index (κ3) is 3.84. The molecule has 0 aromatic heterocycles. The number of rotatable bonds is 3. The lowest BCUT2D eigenvalue weighted by Gasteiger charge is -2.10. The van der Waals surface area contributed by atoms with Crippen LogP contribution in [0.25, 0.3) is 0 Å². The summed E-state index contributed by atoms with van der Waals surface area (Å²) in [7, 11) is -2.92. The maximum absolute atomic E-state index is 11.9. The van der Waals surface area contributed by atoms with Crippen molar-refractivity contribution in [2.24, 2.45) is 5.92 Å². The maximum atomic E-state index is 11.9. The monoisotopic (exact) mass is 321 g/mol. The highest BCUT2D eigenvalue weighted by Gasteiger charge is 2.28. The smallest absolute Gasteiger partial charge is 0.252 e. The van der Waals surface area contributed by atoms with Gasteiger partial charge in [-0.1, -0.05) is 23.2 Å². The van der Waals surface area contributed by atoms with Gasteiger partial charge in [0.2, 0.25) is 0 Å². The highest BCUT2D eigenvalue weighted by atomic mass is 35.5. The number of carbonyl (C=O) groups is 1. The van der Waals surface area contributed by atoms with Crippen LogP contribution in [0.3, 0.4) is 0 Å². The Labute approximate surface area is 122 Å². The summed E-state index contributed by atoms with van der Waals surface area (Å²) >= 11 is 11.7. The van der Waals surface area contributed by atoms with Gasteiger partial charge in [0.25, 0.3) is 5.91 Å². The third-order valence-electron chi connectivity index (χ3n) is 3.05. The van der Waals surface area contributed by atoms with Crippen molar-refractivity contribution in [3.05, 3.63) is 33.8 Å². The zero-order valence-electron chi connectivity index (χ0n) is 10.0. The highest BCUT2D eigenvalue weighted by Crippen LogP contribution is 2.21. The molecule has 1 fully saturated rings. The molecule has 1 atom stereocenters. The van der Waals surface area contributed by atoms with Crippen molar-refractivity contribution >= 4 is 38.9 Å². The Morgan fingerprint density at radius 2 is 2.11 bits per heavy atom. The number of benzene rings is 1. The zero-order valence-corrected chi connectivity index (χ0v) is 12.4. The summed E-state index contributed by atoms with van der Waals surface area (Å²) in [6.45, 7) is 0.344. The lowest BCUT2D eigenvalue weighted by atomic mass is 10.1. The van der Waals surface area contributed by atoms with Gasteiger partial charge in [-0.3, -0.25) is 4.79 Å². The Balaban J connectivity index is 1.95. The standard InChI is InChI=1S/C12H13Cl2NO3S/c13-9-1-2-10(11(14)5-9)12(16)15-6-8-3-4-19(17,18)7-8/h1-2,5,8H,3-4,6-7H2,(H,15,16)/t8-/m0/s1. The molecular formula is C12H13Cl2NO3S. The number of sulfone groups is 1. The summed E-state index contributed by atoms with van der Waals surface area (Å²) in [4.78, 5) is 11.9. The molecule has 0 bridgehead atoms. The van der Waals surface area contributed by atoms with Crippen molar-refractivity contribution in [1.82, 2.24) is 5.32 Å². The van der Waals surface area contributed by atoms with Crippen molar-refractivity contribution < 1.29 is 13.2 Å². The average molecular weight is 322 g/mol. The van der Waals surface area contributed by atoms with Gasteiger partial charge in [-0.15, -0.1) is 0 Å². The quantitative estimate of drug-likeness (QED) is 0.927. The van der Waals surface area contributed by atoms with Gasteiger partial charge in [-0.2, -0.15) is 0 Å². The number of hydrogen-bond acceptors (Lipinski definition) is 3. The van der Waals surface area contributed by atoms with Crippen LogP contribution in [0.5, 0.6) is 0 Å². The van der Waals surface area contributed by atoms with Crippen molar-refractivity contribution in [3.63, 3.8) is 0 Å². The first-order valence-electron chi connectivity index (χ1n) is 5.81. The van der Waals surface area contributed by atoms with Crippen molar-refractivity contribution in [1.29, 1.82) is 0 Å². The third-order valence-corrected chi connectivity index (χ3v) is 5.44. The van der Waals surface area contributed by atoms with Gasteiger partial charge in [0.1, 0.15) is 0 Å². The second-order valence-corrected chi connectivity index (χ2v) is 7.68. The van der Waals surface area contributed by atoms with Gasteiger partial charge in [0.15, 0.2) is 9.84 Å². The van der Waals surface area contributed by atoms with Crippen LogP contribution in [0.4, 0.5) is 0 Å². The number of nitrogens with one attached hydrogen (secondary N) is 1. The predicted molar refractivity (Wildman–Crippen MR) is 75.6 cm³/mol. The van der Waals surface area contributed by atoms with Crippen molar-refractivity contribution in [2.45, 2.75) is 6.42 Å². The highest BCUT2D eigenvalue weighted by molar-refractivity contribution is 7.91. The van der Waals surface area contributed by atoms with Crippen LogP contribution in [0, 0.1) is 5.92 Å². The zero-order chi connectivity index (χ0) is 14.0. The lowest BCUT2D eigenvalue weighted by Crippen LogP contribution is -2.30.